The Kier molecular flexibility index (Phi) is 2.52. The van der Waals surface area contributed by atoms with Crippen LogP contribution < -0.4 is 4.90 Å². The van der Waals surface area contributed by atoms with E-state index in [4.69, 9.17) is 0 Å². The fraction of sp³-hybridized carbons (Fsp3) is 0.333. The fourth-order valence-electron chi connectivity index (χ4n) is 1.99. The number of amides is 1. The summed E-state index contributed by atoms with van der Waals surface area (Å²) < 4.78 is 0. The molecule has 1 amide bonds. The zero-order valence-corrected chi connectivity index (χ0v) is 9.60. The van der Waals surface area contributed by atoms with Gasteiger partial charge >= 0.3 is 0 Å². The molecule has 84 valence electrons. The number of hydrogen-bond acceptors (Lipinski definition) is 3. The number of nitrogens with zero attached hydrogens (tertiary/aromatic N) is 2. The summed E-state index contributed by atoms with van der Waals surface area (Å²) in [5, 5.41) is 0. The third-order valence-corrected chi connectivity index (χ3v) is 2.86. The topological polar surface area (TPSA) is 40.6 Å². The molecular weight excluding hydrogens is 204 g/mol. The van der Waals surface area contributed by atoms with E-state index in [0.29, 0.717) is 11.3 Å². The summed E-state index contributed by atoms with van der Waals surface area (Å²) in [5.74, 6) is -0.294. The second-order valence-electron chi connectivity index (χ2n) is 4.14. The van der Waals surface area contributed by atoms with Crippen molar-refractivity contribution in [2.24, 2.45) is 0 Å². The summed E-state index contributed by atoms with van der Waals surface area (Å²) in [6.07, 6.45) is 0. The molecule has 2 rings (SSSR count). The molecule has 4 nitrogen and oxygen atoms in total. The maximum absolute atomic E-state index is 12.1. The Morgan fingerprint density at radius 3 is 2.44 bits per heavy atom. The number of fused-ring (bicyclic) bond motifs is 1. The molecule has 1 heterocycles. The fourth-order valence-corrected chi connectivity index (χ4v) is 1.99. The van der Waals surface area contributed by atoms with Gasteiger partial charge in [-0.05, 0) is 26.2 Å². The number of hydrogen-bond donors (Lipinski definition) is 0. The van der Waals surface area contributed by atoms with Crippen molar-refractivity contribution in [1.29, 1.82) is 0 Å². The lowest BCUT2D eigenvalue weighted by atomic mass is 9.95. The molecule has 0 saturated carbocycles. The number of ketones is 1. The number of carbonyl (C=O) groups is 2. The van der Waals surface area contributed by atoms with Gasteiger partial charge in [0.2, 0.25) is 0 Å². The predicted octanol–water partition coefficient (Wildman–Crippen LogP) is 0.776. The lowest BCUT2D eigenvalue weighted by Gasteiger charge is -2.33. The third kappa shape index (κ3) is 1.42. The second-order valence-corrected chi connectivity index (χ2v) is 4.14. The van der Waals surface area contributed by atoms with Gasteiger partial charge in [0.25, 0.3) is 5.91 Å². The van der Waals surface area contributed by atoms with Crippen molar-refractivity contribution in [2.45, 2.75) is 6.04 Å². The molecule has 0 aliphatic carbocycles. The number of rotatable bonds is 1. The van der Waals surface area contributed by atoms with Gasteiger partial charge in [-0.2, -0.15) is 0 Å². The quantitative estimate of drug-likeness (QED) is 0.654. The number of anilines is 1. The number of benzene rings is 1. The van der Waals surface area contributed by atoms with Crippen LogP contribution >= 0.6 is 0 Å². The van der Waals surface area contributed by atoms with Crippen molar-refractivity contribution in [1.82, 2.24) is 4.90 Å². The lowest BCUT2D eigenvalue weighted by Crippen LogP contribution is -2.53. The first kappa shape index (κ1) is 10.8. The number of para-hydroxylation sites is 1. The molecule has 16 heavy (non-hydrogen) atoms. The molecule has 4 heteroatoms. The van der Waals surface area contributed by atoms with Crippen LogP contribution in [0.1, 0.15) is 10.4 Å². The molecule has 0 aromatic heterocycles. The van der Waals surface area contributed by atoms with Crippen LogP contribution in [0.4, 0.5) is 5.69 Å². The van der Waals surface area contributed by atoms with Gasteiger partial charge in [-0.1, -0.05) is 12.1 Å². The molecule has 0 radical (unpaired) electrons. The standard InChI is InChI=1S/C12H14N2O2/c1-13(2)10-11(15)8-6-4-5-7-9(8)14(3)12(10)16/h4-7,10H,1-3H3/t10-/m1/s1. The van der Waals surface area contributed by atoms with Crippen molar-refractivity contribution in [3.63, 3.8) is 0 Å². The molecule has 0 N–H and O–H groups in total. The Bertz CT molecular complexity index is 454. The summed E-state index contributed by atoms with van der Waals surface area (Å²) in [4.78, 5) is 27.3. The molecular formula is C12H14N2O2. The monoisotopic (exact) mass is 218 g/mol. The van der Waals surface area contributed by atoms with Crippen molar-refractivity contribution in [3.8, 4) is 0 Å². The first-order chi connectivity index (χ1) is 7.54. The summed E-state index contributed by atoms with van der Waals surface area (Å²) >= 11 is 0. The van der Waals surface area contributed by atoms with E-state index >= 15 is 0 Å². The first-order valence-electron chi connectivity index (χ1n) is 5.11. The van der Waals surface area contributed by atoms with Gasteiger partial charge in [-0.15, -0.1) is 0 Å². The van der Waals surface area contributed by atoms with Crippen LogP contribution in [0.3, 0.4) is 0 Å². The van der Waals surface area contributed by atoms with E-state index in [0.717, 1.165) is 0 Å². The van der Waals surface area contributed by atoms with Crippen LogP contribution in [0.5, 0.6) is 0 Å². The zero-order valence-electron chi connectivity index (χ0n) is 9.60. The van der Waals surface area contributed by atoms with Gasteiger partial charge in [0.15, 0.2) is 11.8 Å². The van der Waals surface area contributed by atoms with Crippen LogP contribution in [0.2, 0.25) is 0 Å². The highest BCUT2D eigenvalue weighted by Gasteiger charge is 2.38. The van der Waals surface area contributed by atoms with Gasteiger partial charge in [0.05, 0.1) is 5.69 Å². The minimum atomic E-state index is -0.695. The van der Waals surface area contributed by atoms with Gasteiger partial charge in [0.1, 0.15) is 0 Å². The Morgan fingerprint density at radius 2 is 1.81 bits per heavy atom. The highest BCUT2D eigenvalue weighted by Crippen LogP contribution is 2.27. The normalized spacial score (nSPS) is 20.2. The molecule has 0 saturated heterocycles. The maximum Gasteiger partial charge on any atom is 0.252 e. The molecule has 1 atom stereocenters. The summed E-state index contributed by atoms with van der Waals surface area (Å²) in [7, 11) is 5.18. The first-order valence-corrected chi connectivity index (χ1v) is 5.11. The number of likely N-dealkylation sites (N-methyl/N-ethyl adjacent to an activating group) is 2. The van der Waals surface area contributed by atoms with E-state index in [1.54, 1.807) is 43.1 Å². The van der Waals surface area contributed by atoms with Gasteiger partial charge < -0.3 is 4.90 Å². The number of Topliss-reactive ketones (excluding diaryl/α,β-unsaturated/α-hetero) is 1. The Hall–Kier alpha value is -1.68. The van der Waals surface area contributed by atoms with Crippen molar-refractivity contribution in [2.75, 3.05) is 26.0 Å². The van der Waals surface area contributed by atoms with Gasteiger partial charge in [-0.3, -0.25) is 14.5 Å². The zero-order chi connectivity index (χ0) is 11.9. The largest absolute Gasteiger partial charge is 0.313 e. The van der Waals surface area contributed by atoms with Crippen LogP contribution in [0.25, 0.3) is 0 Å². The van der Waals surface area contributed by atoms with E-state index in [1.807, 2.05) is 12.1 Å². The molecule has 0 fully saturated rings. The maximum atomic E-state index is 12.1. The molecule has 1 aromatic rings. The lowest BCUT2D eigenvalue weighted by molar-refractivity contribution is -0.121. The number of carbonyl (C=O) groups excluding carboxylic acids is 2. The average molecular weight is 218 g/mol. The van der Waals surface area contributed by atoms with Gasteiger partial charge in [-0.25, -0.2) is 0 Å². The third-order valence-electron chi connectivity index (χ3n) is 2.86. The molecule has 1 aliphatic rings. The molecule has 1 aliphatic heterocycles. The Morgan fingerprint density at radius 1 is 1.19 bits per heavy atom. The highest BCUT2D eigenvalue weighted by molar-refractivity contribution is 6.24. The van der Waals surface area contributed by atoms with Crippen LogP contribution in [-0.2, 0) is 4.79 Å². The summed E-state index contributed by atoms with van der Waals surface area (Å²) in [6.45, 7) is 0. The minimum absolute atomic E-state index is 0.122. The smallest absolute Gasteiger partial charge is 0.252 e. The van der Waals surface area contributed by atoms with Crippen LogP contribution in [0, 0.1) is 0 Å². The molecule has 0 unspecified atom stereocenters. The van der Waals surface area contributed by atoms with E-state index in [-0.39, 0.29) is 11.7 Å². The van der Waals surface area contributed by atoms with Crippen molar-refractivity contribution < 1.29 is 9.59 Å². The second kappa shape index (κ2) is 3.72. The van der Waals surface area contributed by atoms with Crippen molar-refractivity contribution in [3.05, 3.63) is 29.8 Å². The van der Waals surface area contributed by atoms with E-state index < -0.39 is 6.04 Å². The summed E-state index contributed by atoms with van der Waals surface area (Å²) in [6, 6.07) is 6.49. The minimum Gasteiger partial charge on any atom is -0.313 e. The van der Waals surface area contributed by atoms with Crippen LogP contribution in [0.15, 0.2) is 24.3 Å². The van der Waals surface area contributed by atoms with E-state index in [9.17, 15) is 9.59 Å². The Balaban J connectivity index is 2.56. The van der Waals surface area contributed by atoms with Crippen LogP contribution in [-0.4, -0.2) is 43.8 Å². The molecule has 0 spiro atoms. The predicted molar refractivity (Wildman–Crippen MR) is 61.7 cm³/mol. The SMILES string of the molecule is CN1C(=O)[C@H](N(C)C)C(=O)c2ccccc21. The summed E-state index contributed by atoms with van der Waals surface area (Å²) in [5.41, 5.74) is 1.30. The highest BCUT2D eigenvalue weighted by atomic mass is 16.2. The van der Waals surface area contributed by atoms with E-state index in [1.165, 1.54) is 0 Å². The molecule has 0 bridgehead atoms. The average Bonchev–Trinajstić information content (AvgIpc) is 2.26. The van der Waals surface area contributed by atoms with E-state index in [2.05, 4.69) is 0 Å². The van der Waals surface area contributed by atoms with Gasteiger partial charge in [0, 0.05) is 12.6 Å². The van der Waals surface area contributed by atoms with Crippen molar-refractivity contribution >= 4 is 17.4 Å². The molecule has 1 aromatic carbocycles. The Labute approximate surface area is 94.5 Å².